The molecule has 4 aromatic rings. The molecule has 2 atom stereocenters. The Balaban J connectivity index is 1.32. The predicted molar refractivity (Wildman–Crippen MR) is 130 cm³/mol. The van der Waals surface area contributed by atoms with E-state index in [0.717, 1.165) is 41.9 Å². The summed E-state index contributed by atoms with van der Waals surface area (Å²) in [5.41, 5.74) is 2.55. The number of alkyl halides is 3. The average Bonchev–Trinajstić information content (AvgIpc) is 3.52. The van der Waals surface area contributed by atoms with E-state index in [2.05, 4.69) is 30.9 Å². The van der Waals surface area contributed by atoms with Crippen LogP contribution in [0.3, 0.4) is 0 Å². The molecule has 1 saturated heterocycles. The molecule has 1 aliphatic heterocycles. The topological polar surface area (TPSA) is 79.7 Å². The summed E-state index contributed by atoms with van der Waals surface area (Å²) < 4.78 is 41.1. The van der Waals surface area contributed by atoms with Crippen LogP contribution in [0.15, 0.2) is 61.1 Å². The van der Waals surface area contributed by atoms with E-state index in [1.165, 1.54) is 18.9 Å². The molecular weight excluding hydrogens is 455 g/mol. The predicted octanol–water partition coefficient (Wildman–Crippen LogP) is 5.17. The number of hydrogen-bond donors (Lipinski definition) is 3. The van der Waals surface area contributed by atoms with E-state index in [1.54, 1.807) is 31.6 Å². The molecule has 2 aromatic heterocycles. The van der Waals surface area contributed by atoms with Gasteiger partial charge >= 0.3 is 6.18 Å². The van der Waals surface area contributed by atoms with Crippen LogP contribution in [0.1, 0.15) is 36.9 Å². The van der Waals surface area contributed by atoms with Crippen LogP contribution in [0, 0.1) is 0 Å². The van der Waals surface area contributed by atoms with Gasteiger partial charge in [0.1, 0.15) is 12.1 Å². The fourth-order valence-corrected chi connectivity index (χ4v) is 4.29. The van der Waals surface area contributed by atoms with Gasteiger partial charge in [-0.25, -0.2) is 9.97 Å². The molecule has 3 N–H and O–H groups in total. The third-order valence-corrected chi connectivity index (χ3v) is 6.21. The zero-order valence-corrected chi connectivity index (χ0v) is 19.2. The van der Waals surface area contributed by atoms with E-state index in [1.807, 2.05) is 22.8 Å². The number of imidazole rings is 1. The number of anilines is 2. The van der Waals surface area contributed by atoms with Crippen molar-refractivity contribution in [2.45, 2.75) is 38.0 Å². The first-order valence-corrected chi connectivity index (χ1v) is 11.6. The number of fused-ring (bicyclic) bond motifs is 1. The molecule has 1 fully saturated rings. The van der Waals surface area contributed by atoms with Crippen LogP contribution in [-0.2, 0) is 6.18 Å². The highest BCUT2D eigenvalue weighted by atomic mass is 19.4. The highest BCUT2D eigenvalue weighted by molar-refractivity contribution is 5.81. The second kappa shape index (κ2) is 9.53. The summed E-state index contributed by atoms with van der Waals surface area (Å²) in [6, 6.07) is 13.1. The van der Waals surface area contributed by atoms with Crippen molar-refractivity contribution in [3.05, 3.63) is 72.2 Å². The van der Waals surface area contributed by atoms with E-state index < -0.39 is 17.8 Å². The lowest BCUT2D eigenvalue weighted by molar-refractivity contribution is -0.137. The van der Waals surface area contributed by atoms with E-state index in [9.17, 15) is 13.2 Å². The number of nitrogens with one attached hydrogen (secondary N) is 3. The molecule has 182 valence electrons. The van der Waals surface area contributed by atoms with Gasteiger partial charge in [0.25, 0.3) is 0 Å². The highest BCUT2D eigenvalue weighted by Crippen LogP contribution is 2.31. The summed E-state index contributed by atoms with van der Waals surface area (Å²) in [4.78, 5) is 13.3. The molecule has 0 amide bonds. The fraction of sp³-hybridized carbons (Fsp3) is 0.320. The SMILES string of the molecule is C[C@H](Nc1nccc(-n2cnc3cc(NCC4CCCN4)ccc32)n1)c1cccc(C(F)(F)F)c1. The molecular formula is C25H26F3N7. The summed E-state index contributed by atoms with van der Waals surface area (Å²) in [7, 11) is 0. The largest absolute Gasteiger partial charge is 0.416 e. The Kier molecular flexibility index (Phi) is 6.29. The highest BCUT2D eigenvalue weighted by Gasteiger charge is 2.30. The van der Waals surface area contributed by atoms with Gasteiger partial charge in [-0.2, -0.15) is 18.2 Å². The van der Waals surface area contributed by atoms with Gasteiger partial charge in [0.05, 0.1) is 22.6 Å². The summed E-state index contributed by atoms with van der Waals surface area (Å²) in [6.07, 6.45) is 1.32. The maximum Gasteiger partial charge on any atom is 0.416 e. The normalized spacial score (nSPS) is 17.0. The zero-order chi connectivity index (χ0) is 24.4. The van der Waals surface area contributed by atoms with E-state index in [0.29, 0.717) is 23.4 Å². The molecule has 3 heterocycles. The van der Waals surface area contributed by atoms with Crippen LogP contribution in [0.5, 0.6) is 0 Å². The fourth-order valence-electron chi connectivity index (χ4n) is 4.29. The van der Waals surface area contributed by atoms with Crippen LogP contribution in [0.25, 0.3) is 16.9 Å². The van der Waals surface area contributed by atoms with Gasteiger partial charge in [-0.1, -0.05) is 12.1 Å². The van der Waals surface area contributed by atoms with Crippen molar-refractivity contribution in [2.75, 3.05) is 23.7 Å². The van der Waals surface area contributed by atoms with Gasteiger partial charge in [0.15, 0.2) is 0 Å². The number of benzene rings is 2. The van der Waals surface area contributed by atoms with Crippen molar-refractivity contribution in [1.82, 2.24) is 24.8 Å². The zero-order valence-electron chi connectivity index (χ0n) is 19.2. The molecule has 0 saturated carbocycles. The van der Waals surface area contributed by atoms with Gasteiger partial charge in [0.2, 0.25) is 5.95 Å². The van der Waals surface area contributed by atoms with E-state index in [-0.39, 0.29) is 0 Å². The maximum atomic E-state index is 13.1. The number of rotatable bonds is 7. The molecule has 1 unspecified atom stereocenters. The second-order valence-electron chi connectivity index (χ2n) is 8.72. The van der Waals surface area contributed by atoms with Gasteiger partial charge in [0, 0.05) is 24.5 Å². The monoisotopic (exact) mass is 481 g/mol. The van der Waals surface area contributed by atoms with Crippen molar-refractivity contribution >= 4 is 22.7 Å². The van der Waals surface area contributed by atoms with Crippen molar-refractivity contribution in [3.63, 3.8) is 0 Å². The Morgan fingerprint density at radius 2 is 2.03 bits per heavy atom. The first-order chi connectivity index (χ1) is 16.9. The lowest BCUT2D eigenvalue weighted by atomic mass is 10.1. The van der Waals surface area contributed by atoms with Crippen molar-refractivity contribution < 1.29 is 13.2 Å². The number of hydrogen-bond acceptors (Lipinski definition) is 6. The molecule has 0 radical (unpaired) electrons. The molecule has 1 aliphatic rings. The third-order valence-electron chi connectivity index (χ3n) is 6.21. The summed E-state index contributed by atoms with van der Waals surface area (Å²) in [5.74, 6) is 0.925. The first kappa shape index (κ1) is 23.1. The summed E-state index contributed by atoms with van der Waals surface area (Å²) in [5, 5.41) is 10.0. The Bertz CT molecular complexity index is 1310. The Labute approximate surface area is 200 Å². The van der Waals surface area contributed by atoms with Gasteiger partial charge in [-0.05, 0) is 68.3 Å². The van der Waals surface area contributed by atoms with Crippen molar-refractivity contribution in [2.24, 2.45) is 0 Å². The molecule has 5 rings (SSSR count). The van der Waals surface area contributed by atoms with Crippen molar-refractivity contribution in [3.8, 4) is 5.82 Å². The molecule has 0 aliphatic carbocycles. The van der Waals surface area contributed by atoms with Gasteiger partial charge in [-0.3, -0.25) is 4.57 Å². The van der Waals surface area contributed by atoms with E-state index in [4.69, 9.17) is 0 Å². The van der Waals surface area contributed by atoms with Crippen LogP contribution in [0.2, 0.25) is 0 Å². The molecule has 2 aromatic carbocycles. The average molecular weight is 482 g/mol. The maximum absolute atomic E-state index is 13.1. The van der Waals surface area contributed by atoms with E-state index >= 15 is 0 Å². The van der Waals surface area contributed by atoms with Gasteiger partial charge in [-0.15, -0.1) is 0 Å². The summed E-state index contributed by atoms with van der Waals surface area (Å²) in [6.45, 7) is 3.72. The Morgan fingerprint density at radius 1 is 1.14 bits per heavy atom. The molecule has 0 spiro atoms. The minimum atomic E-state index is -4.39. The third kappa shape index (κ3) is 5.22. The minimum Gasteiger partial charge on any atom is -0.383 e. The number of halogens is 3. The Hall–Kier alpha value is -3.66. The quantitative estimate of drug-likeness (QED) is 0.338. The standard InChI is InChI=1S/C25H26F3N7/c1-16(17-4-2-5-18(12-17)25(26,27)28)33-24-30-11-9-23(34-24)35-15-32-21-13-19(7-8-22(21)35)31-14-20-6-3-10-29-20/h2,4-5,7-9,11-13,15-16,20,29,31H,3,6,10,14H2,1H3,(H,30,33,34)/t16-,20?/m0/s1. The second-order valence-corrected chi connectivity index (χ2v) is 8.72. The number of aromatic nitrogens is 4. The van der Waals surface area contributed by atoms with Crippen LogP contribution in [0.4, 0.5) is 24.8 Å². The molecule has 0 bridgehead atoms. The first-order valence-electron chi connectivity index (χ1n) is 11.6. The Morgan fingerprint density at radius 3 is 2.83 bits per heavy atom. The number of nitrogens with zero attached hydrogens (tertiary/aromatic N) is 4. The molecule has 35 heavy (non-hydrogen) atoms. The minimum absolute atomic E-state index is 0.316. The van der Waals surface area contributed by atoms with Crippen LogP contribution >= 0.6 is 0 Å². The smallest absolute Gasteiger partial charge is 0.383 e. The van der Waals surface area contributed by atoms with Gasteiger partial charge < -0.3 is 16.0 Å². The lowest BCUT2D eigenvalue weighted by Crippen LogP contribution is -2.29. The van der Waals surface area contributed by atoms with Crippen LogP contribution in [-0.4, -0.2) is 38.7 Å². The van der Waals surface area contributed by atoms with Crippen LogP contribution < -0.4 is 16.0 Å². The molecule has 10 heteroatoms. The molecule has 7 nitrogen and oxygen atoms in total. The summed E-state index contributed by atoms with van der Waals surface area (Å²) >= 11 is 0. The van der Waals surface area contributed by atoms with Crippen molar-refractivity contribution in [1.29, 1.82) is 0 Å². The lowest BCUT2D eigenvalue weighted by Gasteiger charge is -2.16.